The van der Waals surface area contributed by atoms with Crippen molar-refractivity contribution in [3.8, 4) is 5.75 Å². The highest BCUT2D eigenvalue weighted by Crippen LogP contribution is 2.27. The number of ether oxygens (including phenoxy) is 1. The zero-order valence-corrected chi connectivity index (χ0v) is 8.66. The molecule has 1 heterocycles. The second-order valence-corrected chi connectivity index (χ2v) is 3.76. The molecule has 0 spiro atoms. The lowest BCUT2D eigenvalue weighted by Gasteiger charge is -2.29. The van der Waals surface area contributed by atoms with Crippen LogP contribution in [0, 0.1) is 0 Å². The summed E-state index contributed by atoms with van der Waals surface area (Å²) in [4.78, 5) is 2.07. The Kier molecular flexibility index (Phi) is 2.59. The van der Waals surface area contributed by atoms with Crippen molar-refractivity contribution in [3.63, 3.8) is 0 Å². The Bertz CT molecular complexity index is 308. The van der Waals surface area contributed by atoms with Crippen molar-refractivity contribution in [1.29, 1.82) is 0 Å². The first kappa shape index (κ1) is 9.34. The minimum atomic E-state index is 0.344. The quantitative estimate of drug-likeness (QED) is 0.776. The lowest BCUT2D eigenvalue weighted by Crippen LogP contribution is -2.50. The zero-order valence-electron chi connectivity index (χ0n) is 8.66. The van der Waals surface area contributed by atoms with E-state index in [4.69, 9.17) is 4.74 Å². The molecule has 2 rings (SSSR count). The van der Waals surface area contributed by atoms with E-state index in [1.165, 1.54) is 0 Å². The van der Waals surface area contributed by atoms with Crippen LogP contribution in [0.25, 0.3) is 0 Å². The fraction of sp³-hybridized carbons (Fsp3) is 0.455. The Morgan fingerprint density at radius 1 is 1.29 bits per heavy atom. The highest BCUT2D eigenvalue weighted by Gasteiger charge is 2.19. The van der Waals surface area contributed by atoms with Gasteiger partial charge in [0, 0.05) is 27.2 Å². The minimum Gasteiger partial charge on any atom is -0.486 e. The van der Waals surface area contributed by atoms with E-state index in [2.05, 4.69) is 16.3 Å². The van der Waals surface area contributed by atoms with Gasteiger partial charge in [0.1, 0.15) is 11.9 Å². The van der Waals surface area contributed by atoms with E-state index in [-0.39, 0.29) is 0 Å². The summed E-state index contributed by atoms with van der Waals surface area (Å²) in [6.45, 7) is 1.92. The average Bonchev–Trinajstić information content (AvgIpc) is 2.12. The third-order valence-electron chi connectivity index (χ3n) is 2.38. The molecule has 0 amide bonds. The summed E-state index contributed by atoms with van der Waals surface area (Å²) < 4.78 is 5.84. The first-order chi connectivity index (χ1) is 6.77. The topological polar surface area (TPSA) is 24.5 Å². The standard InChI is InChI=1S/C11H16N2O/c1-13(2)10-5-3-4-6-11(10)14-9-7-12-8-9/h3-6,9,12H,7-8H2,1-2H3. The van der Waals surface area contributed by atoms with Crippen molar-refractivity contribution in [1.82, 2.24) is 5.32 Å². The number of anilines is 1. The molecule has 0 aliphatic carbocycles. The number of rotatable bonds is 3. The van der Waals surface area contributed by atoms with Gasteiger partial charge in [0.05, 0.1) is 5.69 Å². The molecule has 0 bridgehead atoms. The van der Waals surface area contributed by atoms with E-state index >= 15 is 0 Å². The lowest BCUT2D eigenvalue weighted by atomic mass is 10.2. The average molecular weight is 192 g/mol. The molecule has 0 radical (unpaired) electrons. The number of para-hydroxylation sites is 2. The molecule has 0 saturated carbocycles. The van der Waals surface area contributed by atoms with Crippen LogP contribution in [0.3, 0.4) is 0 Å². The third-order valence-corrected chi connectivity index (χ3v) is 2.38. The molecule has 3 heteroatoms. The van der Waals surface area contributed by atoms with E-state index in [1.807, 2.05) is 32.3 Å². The van der Waals surface area contributed by atoms with Crippen LogP contribution < -0.4 is 15.0 Å². The maximum atomic E-state index is 5.84. The third kappa shape index (κ3) is 1.82. The van der Waals surface area contributed by atoms with Crippen LogP contribution in [-0.2, 0) is 0 Å². The Morgan fingerprint density at radius 2 is 2.00 bits per heavy atom. The number of hydrogen-bond donors (Lipinski definition) is 1. The molecule has 1 fully saturated rings. The SMILES string of the molecule is CN(C)c1ccccc1OC1CNC1. The van der Waals surface area contributed by atoms with E-state index in [1.54, 1.807) is 0 Å². The summed E-state index contributed by atoms with van der Waals surface area (Å²) in [5.74, 6) is 0.976. The van der Waals surface area contributed by atoms with Gasteiger partial charge in [0.25, 0.3) is 0 Å². The lowest BCUT2D eigenvalue weighted by molar-refractivity contribution is 0.143. The maximum absolute atomic E-state index is 5.84. The number of nitrogens with zero attached hydrogens (tertiary/aromatic N) is 1. The Morgan fingerprint density at radius 3 is 2.57 bits per heavy atom. The number of hydrogen-bond acceptors (Lipinski definition) is 3. The van der Waals surface area contributed by atoms with Gasteiger partial charge in [-0.1, -0.05) is 12.1 Å². The molecule has 1 N–H and O–H groups in total. The van der Waals surface area contributed by atoms with Crippen molar-refractivity contribution in [2.45, 2.75) is 6.10 Å². The normalized spacial score (nSPS) is 16.1. The van der Waals surface area contributed by atoms with Crippen molar-refractivity contribution >= 4 is 5.69 Å². The van der Waals surface area contributed by atoms with E-state index < -0.39 is 0 Å². The minimum absolute atomic E-state index is 0.344. The summed E-state index contributed by atoms with van der Waals surface area (Å²) >= 11 is 0. The first-order valence-electron chi connectivity index (χ1n) is 4.91. The van der Waals surface area contributed by atoms with Crippen LogP contribution in [0.15, 0.2) is 24.3 Å². The summed E-state index contributed by atoms with van der Waals surface area (Å²) in [6, 6.07) is 8.13. The van der Waals surface area contributed by atoms with Crippen LogP contribution >= 0.6 is 0 Å². The molecule has 0 aromatic heterocycles. The highest BCUT2D eigenvalue weighted by atomic mass is 16.5. The maximum Gasteiger partial charge on any atom is 0.143 e. The molecular formula is C11H16N2O. The van der Waals surface area contributed by atoms with Gasteiger partial charge in [-0.2, -0.15) is 0 Å². The number of nitrogens with one attached hydrogen (secondary N) is 1. The van der Waals surface area contributed by atoms with Crippen LogP contribution in [-0.4, -0.2) is 33.3 Å². The monoisotopic (exact) mass is 192 g/mol. The Balaban J connectivity index is 2.13. The van der Waals surface area contributed by atoms with Gasteiger partial charge < -0.3 is 15.0 Å². The van der Waals surface area contributed by atoms with Crippen molar-refractivity contribution in [2.24, 2.45) is 0 Å². The summed E-state index contributed by atoms with van der Waals surface area (Å²) in [5, 5.41) is 3.19. The predicted molar refractivity (Wildman–Crippen MR) is 58.1 cm³/mol. The van der Waals surface area contributed by atoms with Crippen molar-refractivity contribution in [3.05, 3.63) is 24.3 Å². The predicted octanol–water partition coefficient (Wildman–Crippen LogP) is 1.10. The van der Waals surface area contributed by atoms with E-state index in [0.29, 0.717) is 6.10 Å². The molecule has 3 nitrogen and oxygen atoms in total. The van der Waals surface area contributed by atoms with Gasteiger partial charge in [-0.25, -0.2) is 0 Å². The van der Waals surface area contributed by atoms with Gasteiger partial charge in [0.15, 0.2) is 0 Å². The summed E-state index contributed by atoms with van der Waals surface area (Å²) in [5.41, 5.74) is 1.14. The molecule has 1 saturated heterocycles. The molecule has 14 heavy (non-hydrogen) atoms. The van der Waals surface area contributed by atoms with Crippen LogP contribution in [0.1, 0.15) is 0 Å². The molecule has 1 aromatic rings. The van der Waals surface area contributed by atoms with Gasteiger partial charge in [-0.15, -0.1) is 0 Å². The largest absolute Gasteiger partial charge is 0.486 e. The van der Waals surface area contributed by atoms with Crippen molar-refractivity contribution in [2.75, 3.05) is 32.1 Å². The molecule has 0 unspecified atom stereocenters. The summed E-state index contributed by atoms with van der Waals surface area (Å²) in [6.07, 6.45) is 0.344. The smallest absolute Gasteiger partial charge is 0.143 e. The molecule has 1 aliphatic heterocycles. The van der Waals surface area contributed by atoms with Gasteiger partial charge in [-0.3, -0.25) is 0 Å². The molecule has 1 aromatic carbocycles. The van der Waals surface area contributed by atoms with Crippen LogP contribution in [0.2, 0.25) is 0 Å². The van der Waals surface area contributed by atoms with E-state index in [9.17, 15) is 0 Å². The number of benzene rings is 1. The molecule has 76 valence electrons. The first-order valence-corrected chi connectivity index (χ1v) is 4.91. The second-order valence-electron chi connectivity index (χ2n) is 3.76. The fourth-order valence-electron chi connectivity index (χ4n) is 1.45. The fourth-order valence-corrected chi connectivity index (χ4v) is 1.45. The summed E-state index contributed by atoms with van der Waals surface area (Å²) in [7, 11) is 4.06. The van der Waals surface area contributed by atoms with Gasteiger partial charge in [-0.05, 0) is 12.1 Å². The molecular weight excluding hydrogens is 176 g/mol. The van der Waals surface area contributed by atoms with Gasteiger partial charge >= 0.3 is 0 Å². The molecule has 0 atom stereocenters. The van der Waals surface area contributed by atoms with Gasteiger partial charge in [0.2, 0.25) is 0 Å². The zero-order chi connectivity index (χ0) is 9.97. The van der Waals surface area contributed by atoms with Crippen LogP contribution in [0.5, 0.6) is 5.75 Å². The Labute approximate surface area is 84.7 Å². The van der Waals surface area contributed by atoms with Crippen LogP contribution in [0.4, 0.5) is 5.69 Å². The Hall–Kier alpha value is -1.22. The van der Waals surface area contributed by atoms with Crippen molar-refractivity contribution < 1.29 is 4.74 Å². The molecule has 1 aliphatic rings. The second kappa shape index (κ2) is 3.88. The highest BCUT2D eigenvalue weighted by molar-refractivity contribution is 5.57. The van der Waals surface area contributed by atoms with E-state index in [0.717, 1.165) is 24.5 Å².